The molecule has 102 valence electrons. The molecule has 1 aromatic heterocycles. The Morgan fingerprint density at radius 2 is 2.06 bits per heavy atom. The average Bonchev–Trinajstić information content (AvgIpc) is 2.73. The number of halogens is 3. The van der Waals surface area contributed by atoms with E-state index < -0.39 is 15.2 Å². The monoisotopic (exact) mass is 480 g/mol. The Labute approximate surface area is 119 Å². The molecule has 0 atom stereocenters. The van der Waals surface area contributed by atoms with Gasteiger partial charge in [-0.25, -0.2) is 4.98 Å². The molecule has 0 saturated carbocycles. The maximum atomic E-state index is 4.95. The third-order valence-corrected chi connectivity index (χ3v) is 1.50. The topological polar surface area (TPSA) is 44.3 Å². The molecule has 0 fully saturated rings. The molecule has 0 aromatic carbocycles. The first-order chi connectivity index (χ1) is 8.02. The zero-order valence-electron chi connectivity index (χ0n) is 9.37. The van der Waals surface area contributed by atoms with Crippen LogP contribution in [0.2, 0.25) is 0 Å². The maximum absolute atomic E-state index is 4.95. The van der Waals surface area contributed by atoms with Crippen molar-refractivity contribution in [3.63, 3.8) is 0 Å². The molecular formula is C9H14AuCl3N4. The molecule has 2 heterocycles. The van der Waals surface area contributed by atoms with Crippen LogP contribution in [-0.4, -0.2) is 34.2 Å². The van der Waals surface area contributed by atoms with Crippen LogP contribution in [0.15, 0.2) is 36.1 Å². The van der Waals surface area contributed by atoms with Crippen molar-refractivity contribution in [2.75, 3.05) is 13.6 Å². The minimum atomic E-state index is -1.79. The first kappa shape index (κ1) is 17.0. The predicted octanol–water partition coefficient (Wildman–Crippen LogP) is 3.34. The molecule has 1 aliphatic rings. The van der Waals surface area contributed by atoms with Crippen LogP contribution in [0.3, 0.4) is 0 Å². The van der Waals surface area contributed by atoms with Gasteiger partial charge in [0.1, 0.15) is 0 Å². The summed E-state index contributed by atoms with van der Waals surface area (Å²) in [5, 5.41) is 0. The summed E-state index contributed by atoms with van der Waals surface area (Å²) in [6.07, 6.45) is 8.87. The van der Waals surface area contributed by atoms with Crippen LogP contribution in [0, 0.1) is 0 Å². The third kappa shape index (κ3) is 14.0. The number of nitrogens with one attached hydrogen (secondary N) is 1. The largest absolute Gasteiger partial charge is 0.351 e. The standard InChI is InChI=1S/C6H10N2.C3H4N2.Au.3ClH/c1-6-5-8(2)4-3-7-6;1-2-5-3-4-1;;;;/h3-4H,5H2,1-2H3;1-3H,(H,4,5);;3*1H/q;;+3;;;/p-3. The molecule has 0 unspecified atom stereocenters. The van der Waals surface area contributed by atoms with Gasteiger partial charge in [-0.05, 0) is 6.92 Å². The average molecular weight is 482 g/mol. The number of aliphatic imine (C=N–C) groups is 1. The van der Waals surface area contributed by atoms with Gasteiger partial charge in [-0.2, -0.15) is 0 Å². The molecule has 1 N–H and O–H groups in total. The minimum absolute atomic E-state index is 0.969. The van der Waals surface area contributed by atoms with Crippen molar-refractivity contribution in [2.45, 2.75) is 6.92 Å². The smallest absolute Gasteiger partial charge is 0.0919 e. The van der Waals surface area contributed by atoms with Crippen molar-refractivity contribution >= 4 is 33.3 Å². The van der Waals surface area contributed by atoms with E-state index in [1.807, 2.05) is 26.4 Å². The van der Waals surface area contributed by atoms with Gasteiger partial charge in [0.2, 0.25) is 0 Å². The molecule has 0 amide bonds. The molecule has 17 heavy (non-hydrogen) atoms. The molecule has 0 aliphatic carbocycles. The normalized spacial score (nSPS) is 13.8. The Hall–Kier alpha value is 0.0303. The molecule has 1 aromatic rings. The quantitative estimate of drug-likeness (QED) is 0.578. The summed E-state index contributed by atoms with van der Waals surface area (Å²) < 4.78 is 0. The summed E-state index contributed by atoms with van der Waals surface area (Å²) in [6, 6.07) is 0. The molecule has 2 rings (SSSR count). The SMILES string of the molecule is CC1=NC=CN(C)C1.[Cl][Au]([Cl])[Cl].c1c[nH]cn1. The first-order valence-electron chi connectivity index (χ1n) is 4.46. The fourth-order valence-electron chi connectivity index (χ4n) is 0.944. The molecule has 0 spiro atoms. The van der Waals surface area contributed by atoms with Gasteiger partial charge in [0.25, 0.3) is 0 Å². The second kappa shape index (κ2) is 11.1. The molecule has 0 radical (unpaired) electrons. The Kier molecular flexibility index (Phi) is 11.2. The summed E-state index contributed by atoms with van der Waals surface area (Å²) >= 11 is -1.79. The third-order valence-electron chi connectivity index (χ3n) is 1.50. The van der Waals surface area contributed by atoms with E-state index in [0.717, 1.165) is 6.54 Å². The summed E-state index contributed by atoms with van der Waals surface area (Å²) in [6.45, 7) is 3.00. The van der Waals surface area contributed by atoms with E-state index in [1.54, 1.807) is 18.7 Å². The van der Waals surface area contributed by atoms with Crippen LogP contribution >= 0.6 is 27.6 Å². The van der Waals surface area contributed by atoms with Crippen molar-refractivity contribution in [2.24, 2.45) is 4.99 Å². The van der Waals surface area contributed by atoms with Crippen LogP contribution in [0.25, 0.3) is 0 Å². The summed E-state index contributed by atoms with van der Waals surface area (Å²) in [5.74, 6) is 0. The zero-order chi connectivity index (χ0) is 13.1. The second-order valence-electron chi connectivity index (χ2n) is 2.97. The van der Waals surface area contributed by atoms with Gasteiger partial charge < -0.3 is 9.88 Å². The summed E-state index contributed by atoms with van der Waals surface area (Å²) in [4.78, 5) is 12.6. The zero-order valence-corrected chi connectivity index (χ0v) is 13.8. The fraction of sp³-hybridized carbons (Fsp3) is 0.333. The second-order valence-corrected chi connectivity index (χ2v) is 12.4. The number of rotatable bonds is 0. The number of H-pyrrole nitrogens is 1. The number of aromatic nitrogens is 2. The van der Waals surface area contributed by atoms with Gasteiger partial charge in [0.15, 0.2) is 0 Å². The Balaban J connectivity index is 0.000000246. The predicted molar refractivity (Wildman–Crippen MR) is 71.0 cm³/mol. The Bertz CT molecular complexity index is 307. The van der Waals surface area contributed by atoms with E-state index in [0.29, 0.717) is 0 Å². The van der Waals surface area contributed by atoms with Crippen molar-refractivity contribution in [3.05, 3.63) is 31.1 Å². The molecule has 1 aliphatic heterocycles. The van der Waals surface area contributed by atoms with Crippen molar-refractivity contribution in [1.29, 1.82) is 0 Å². The minimum Gasteiger partial charge on any atom is -0.351 e. The van der Waals surface area contributed by atoms with Crippen LogP contribution in [0.1, 0.15) is 6.92 Å². The van der Waals surface area contributed by atoms with Crippen molar-refractivity contribution in [1.82, 2.24) is 14.9 Å². The van der Waals surface area contributed by atoms with Gasteiger partial charge in [-0.3, -0.25) is 4.99 Å². The number of hydrogen-bond donors (Lipinski definition) is 1. The Morgan fingerprint density at radius 1 is 1.41 bits per heavy atom. The molecule has 4 nitrogen and oxygen atoms in total. The van der Waals surface area contributed by atoms with Crippen LogP contribution in [0.5, 0.6) is 0 Å². The van der Waals surface area contributed by atoms with E-state index in [9.17, 15) is 0 Å². The van der Waals surface area contributed by atoms with Gasteiger partial charge in [0.05, 0.1) is 12.9 Å². The Morgan fingerprint density at radius 3 is 2.29 bits per heavy atom. The molecule has 0 bridgehead atoms. The van der Waals surface area contributed by atoms with Gasteiger partial charge >= 0.3 is 42.8 Å². The first-order valence-corrected chi connectivity index (χ1v) is 12.5. The van der Waals surface area contributed by atoms with Crippen LogP contribution in [-0.2, 0) is 15.2 Å². The summed E-state index contributed by atoms with van der Waals surface area (Å²) in [7, 11) is 16.9. The summed E-state index contributed by atoms with van der Waals surface area (Å²) in [5.41, 5.74) is 1.18. The fourth-order valence-corrected chi connectivity index (χ4v) is 0.944. The van der Waals surface area contributed by atoms with Gasteiger partial charge in [-0.1, -0.05) is 0 Å². The van der Waals surface area contributed by atoms with E-state index in [4.69, 9.17) is 27.6 Å². The van der Waals surface area contributed by atoms with E-state index in [2.05, 4.69) is 19.9 Å². The van der Waals surface area contributed by atoms with Crippen molar-refractivity contribution in [3.8, 4) is 0 Å². The van der Waals surface area contributed by atoms with E-state index in [1.165, 1.54) is 5.71 Å². The number of aromatic amines is 1. The van der Waals surface area contributed by atoms with Crippen LogP contribution in [0.4, 0.5) is 0 Å². The van der Waals surface area contributed by atoms with Crippen LogP contribution < -0.4 is 0 Å². The number of hydrogen-bond acceptors (Lipinski definition) is 3. The molecule has 8 heteroatoms. The maximum Gasteiger partial charge on any atom is 0.0919 e. The van der Waals surface area contributed by atoms with Gasteiger partial charge in [0, 0.05) is 37.6 Å². The van der Waals surface area contributed by atoms with Crippen molar-refractivity contribution < 1.29 is 15.2 Å². The van der Waals surface area contributed by atoms with E-state index in [-0.39, 0.29) is 0 Å². The van der Waals surface area contributed by atoms with Gasteiger partial charge in [-0.15, -0.1) is 0 Å². The molecule has 0 saturated heterocycles. The van der Waals surface area contributed by atoms with E-state index >= 15 is 0 Å². The number of nitrogens with zero attached hydrogens (tertiary/aromatic N) is 3. The molecular weight excluding hydrogens is 467 g/mol. The number of imidazole rings is 1.